The summed E-state index contributed by atoms with van der Waals surface area (Å²) in [7, 11) is 0. The number of aromatic nitrogens is 2. The van der Waals surface area contributed by atoms with Gasteiger partial charge >= 0.3 is 0 Å². The minimum atomic E-state index is 0.192. The van der Waals surface area contributed by atoms with E-state index in [4.69, 9.17) is 4.99 Å². The SMILES string of the molecule is CCCCCCC(=O)N(CCCCn1ccnc1)C1=Nc2cccc3cccc1c23. The van der Waals surface area contributed by atoms with Crippen LogP contribution in [0.2, 0.25) is 0 Å². The van der Waals surface area contributed by atoms with Crippen molar-refractivity contribution in [2.24, 2.45) is 4.99 Å². The van der Waals surface area contributed by atoms with Crippen LogP contribution in [0.5, 0.6) is 0 Å². The molecular weight excluding hydrogens is 372 g/mol. The highest BCUT2D eigenvalue weighted by Gasteiger charge is 2.26. The smallest absolute Gasteiger partial charge is 0.228 e. The Morgan fingerprint density at radius 2 is 1.90 bits per heavy atom. The van der Waals surface area contributed by atoms with Crippen LogP contribution in [-0.2, 0) is 11.3 Å². The number of amidine groups is 1. The van der Waals surface area contributed by atoms with E-state index in [0.29, 0.717) is 13.0 Å². The first-order chi connectivity index (χ1) is 14.8. The molecule has 1 amide bonds. The van der Waals surface area contributed by atoms with Crippen molar-refractivity contribution < 1.29 is 4.79 Å². The van der Waals surface area contributed by atoms with Gasteiger partial charge in [0.05, 0.1) is 12.0 Å². The van der Waals surface area contributed by atoms with E-state index < -0.39 is 0 Å². The van der Waals surface area contributed by atoms with Gasteiger partial charge in [-0.15, -0.1) is 0 Å². The molecule has 0 spiro atoms. The topological polar surface area (TPSA) is 50.5 Å². The molecule has 0 unspecified atom stereocenters. The number of hydrogen-bond donors (Lipinski definition) is 0. The van der Waals surface area contributed by atoms with Crippen molar-refractivity contribution in [1.29, 1.82) is 0 Å². The molecule has 1 aromatic heterocycles. The Morgan fingerprint density at radius 3 is 2.70 bits per heavy atom. The molecule has 4 rings (SSSR count). The van der Waals surface area contributed by atoms with Gasteiger partial charge in [0.1, 0.15) is 5.84 Å². The first-order valence-corrected chi connectivity index (χ1v) is 11.1. The quantitative estimate of drug-likeness (QED) is 0.408. The maximum Gasteiger partial charge on any atom is 0.228 e. The molecule has 0 saturated heterocycles. The van der Waals surface area contributed by atoms with Crippen LogP contribution in [0.25, 0.3) is 10.8 Å². The van der Waals surface area contributed by atoms with Crippen LogP contribution in [0.4, 0.5) is 5.69 Å². The van der Waals surface area contributed by atoms with Gasteiger partial charge in [-0.2, -0.15) is 0 Å². The van der Waals surface area contributed by atoms with E-state index in [2.05, 4.69) is 40.7 Å². The molecule has 2 aromatic carbocycles. The molecule has 0 atom stereocenters. The second-order valence-electron chi connectivity index (χ2n) is 7.98. The molecule has 1 aliphatic rings. The molecule has 3 aromatic rings. The zero-order valence-corrected chi connectivity index (χ0v) is 17.8. The lowest BCUT2D eigenvalue weighted by Crippen LogP contribution is -2.37. The Bertz CT molecular complexity index is 1020. The lowest BCUT2D eigenvalue weighted by Gasteiger charge is -2.23. The van der Waals surface area contributed by atoms with Gasteiger partial charge in [-0.05, 0) is 30.7 Å². The molecule has 0 bridgehead atoms. The predicted octanol–water partition coefficient (Wildman–Crippen LogP) is 5.71. The highest BCUT2D eigenvalue weighted by Crippen LogP contribution is 2.36. The summed E-state index contributed by atoms with van der Waals surface area (Å²) in [6, 6.07) is 12.5. The van der Waals surface area contributed by atoms with Gasteiger partial charge in [-0.1, -0.05) is 56.5 Å². The van der Waals surface area contributed by atoms with Gasteiger partial charge in [0.25, 0.3) is 0 Å². The molecule has 0 aliphatic carbocycles. The number of nitrogens with zero attached hydrogens (tertiary/aromatic N) is 4. The molecule has 5 nitrogen and oxygen atoms in total. The predicted molar refractivity (Wildman–Crippen MR) is 122 cm³/mol. The van der Waals surface area contributed by atoms with Crippen LogP contribution < -0.4 is 0 Å². The third-order valence-electron chi connectivity index (χ3n) is 5.76. The largest absolute Gasteiger partial charge is 0.337 e. The van der Waals surface area contributed by atoms with Crippen molar-refractivity contribution in [3.8, 4) is 0 Å². The minimum absolute atomic E-state index is 0.192. The summed E-state index contributed by atoms with van der Waals surface area (Å²) in [4.78, 5) is 24.2. The number of aliphatic imine (C=N–C) groups is 1. The molecule has 30 heavy (non-hydrogen) atoms. The number of aryl methyl sites for hydroxylation is 1. The number of rotatable bonds is 10. The summed E-state index contributed by atoms with van der Waals surface area (Å²) in [6.45, 7) is 3.81. The Morgan fingerprint density at radius 1 is 1.03 bits per heavy atom. The van der Waals surface area contributed by atoms with E-state index in [1.807, 2.05) is 29.6 Å². The molecule has 0 radical (unpaired) electrons. The molecular formula is C25H30N4O. The molecule has 5 heteroatoms. The van der Waals surface area contributed by atoms with Gasteiger partial charge in [-0.3, -0.25) is 9.69 Å². The monoisotopic (exact) mass is 402 g/mol. The summed E-state index contributed by atoms with van der Waals surface area (Å²) in [5.41, 5.74) is 2.06. The maximum absolute atomic E-state index is 13.2. The first kappa shape index (κ1) is 20.3. The number of unbranched alkanes of at least 4 members (excludes halogenated alkanes) is 4. The van der Waals surface area contributed by atoms with E-state index in [1.165, 1.54) is 18.2 Å². The van der Waals surface area contributed by atoms with E-state index in [-0.39, 0.29) is 5.91 Å². The second kappa shape index (κ2) is 9.70. The van der Waals surface area contributed by atoms with Crippen LogP contribution in [0.15, 0.2) is 60.1 Å². The molecule has 156 valence electrons. The third-order valence-corrected chi connectivity index (χ3v) is 5.76. The normalized spacial score (nSPS) is 12.4. The van der Waals surface area contributed by atoms with E-state index in [1.54, 1.807) is 6.20 Å². The number of amides is 1. The number of hydrogen-bond acceptors (Lipinski definition) is 3. The minimum Gasteiger partial charge on any atom is -0.337 e. The fraction of sp³-hybridized carbons (Fsp3) is 0.400. The van der Waals surface area contributed by atoms with Crippen LogP contribution >= 0.6 is 0 Å². The second-order valence-corrected chi connectivity index (χ2v) is 7.98. The van der Waals surface area contributed by atoms with Gasteiger partial charge in [0.2, 0.25) is 5.91 Å². The highest BCUT2D eigenvalue weighted by molar-refractivity contribution is 6.22. The number of imidazole rings is 1. The van der Waals surface area contributed by atoms with E-state index in [0.717, 1.165) is 54.7 Å². The van der Waals surface area contributed by atoms with E-state index >= 15 is 0 Å². The standard InChI is InChI=1S/C25H30N4O/c1-2-3-4-5-14-23(30)29(17-7-6-16-28-18-15-26-19-28)25-21-12-8-10-20-11-9-13-22(27-25)24(20)21/h8-13,15,18-19H,2-7,14,16-17H2,1H3. The zero-order chi connectivity index (χ0) is 20.8. The van der Waals surface area contributed by atoms with Crippen molar-refractivity contribution >= 4 is 28.2 Å². The zero-order valence-electron chi connectivity index (χ0n) is 17.8. The summed E-state index contributed by atoms with van der Waals surface area (Å²) < 4.78 is 2.08. The fourth-order valence-corrected chi connectivity index (χ4v) is 4.15. The van der Waals surface area contributed by atoms with Crippen LogP contribution in [0, 0.1) is 0 Å². The molecule has 0 saturated carbocycles. The number of benzene rings is 2. The van der Waals surface area contributed by atoms with Gasteiger partial charge < -0.3 is 4.57 Å². The lowest BCUT2D eigenvalue weighted by atomic mass is 10.0. The Labute approximate surface area is 178 Å². The maximum atomic E-state index is 13.2. The van der Waals surface area contributed by atoms with Crippen LogP contribution in [-0.4, -0.2) is 32.7 Å². The summed E-state index contributed by atoms with van der Waals surface area (Å²) in [6.07, 6.45) is 12.6. The van der Waals surface area contributed by atoms with Crippen molar-refractivity contribution in [2.75, 3.05) is 6.54 Å². The summed E-state index contributed by atoms with van der Waals surface area (Å²) in [5.74, 6) is 1.02. The summed E-state index contributed by atoms with van der Waals surface area (Å²) in [5, 5.41) is 2.34. The third kappa shape index (κ3) is 4.45. The van der Waals surface area contributed by atoms with Gasteiger partial charge in [0, 0.05) is 42.9 Å². The van der Waals surface area contributed by atoms with Gasteiger partial charge in [-0.25, -0.2) is 9.98 Å². The highest BCUT2D eigenvalue weighted by atomic mass is 16.2. The molecule has 0 fully saturated rings. The van der Waals surface area contributed by atoms with Crippen LogP contribution in [0.3, 0.4) is 0 Å². The number of carbonyl (C=O) groups is 1. The molecule has 2 heterocycles. The van der Waals surface area contributed by atoms with Gasteiger partial charge in [0.15, 0.2) is 0 Å². The first-order valence-electron chi connectivity index (χ1n) is 11.1. The van der Waals surface area contributed by atoms with Crippen molar-refractivity contribution in [3.05, 3.63) is 60.7 Å². The Balaban J connectivity index is 1.50. The average Bonchev–Trinajstić information content (AvgIpc) is 3.41. The lowest BCUT2D eigenvalue weighted by molar-refractivity contribution is -0.127. The Hall–Kier alpha value is -2.95. The molecule has 1 aliphatic heterocycles. The van der Waals surface area contributed by atoms with Crippen molar-refractivity contribution in [2.45, 2.75) is 58.4 Å². The Kier molecular flexibility index (Phi) is 6.57. The average molecular weight is 403 g/mol. The summed E-state index contributed by atoms with van der Waals surface area (Å²) >= 11 is 0. The molecule has 0 N–H and O–H groups in total. The van der Waals surface area contributed by atoms with Crippen molar-refractivity contribution in [1.82, 2.24) is 14.5 Å². The number of carbonyl (C=O) groups excluding carboxylic acids is 1. The van der Waals surface area contributed by atoms with Crippen LogP contribution in [0.1, 0.15) is 57.4 Å². The fourth-order valence-electron chi connectivity index (χ4n) is 4.15. The van der Waals surface area contributed by atoms with E-state index in [9.17, 15) is 4.79 Å². The van der Waals surface area contributed by atoms with Crippen molar-refractivity contribution in [3.63, 3.8) is 0 Å².